The van der Waals surface area contributed by atoms with Gasteiger partial charge in [-0.2, -0.15) is 0 Å². The number of nitrogens with two attached hydrogens (primary N) is 1. The molecule has 1 unspecified atom stereocenters. The van der Waals surface area contributed by atoms with E-state index in [0.717, 1.165) is 6.42 Å². The van der Waals surface area contributed by atoms with Crippen LogP contribution >= 0.6 is 11.6 Å². The number of nitrogens with one attached hydrogen (secondary N) is 1. The number of hydrogen-bond acceptors (Lipinski definition) is 3. The molecule has 16 heavy (non-hydrogen) atoms. The van der Waals surface area contributed by atoms with Gasteiger partial charge in [0.1, 0.15) is 0 Å². The van der Waals surface area contributed by atoms with Gasteiger partial charge in [0, 0.05) is 12.6 Å². The molecule has 0 radical (unpaired) electrons. The third kappa shape index (κ3) is 4.16. The lowest BCUT2D eigenvalue weighted by Gasteiger charge is -2.09. The summed E-state index contributed by atoms with van der Waals surface area (Å²) >= 11 is 5.88. The largest absolute Gasteiger partial charge is 0.330 e. The van der Waals surface area contributed by atoms with Crippen LogP contribution in [0.25, 0.3) is 0 Å². The number of nitrogens with zero attached hydrogens (tertiary/aromatic N) is 1. The fourth-order valence-corrected chi connectivity index (χ4v) is 1.33. The maximum Gasteiger partial charge on any atom is 0.224 e. The summed E-state index contributed by atoms with van der Waals surface area (Å²) in [4.78, 5) is 15.4. The van der Waals surface area contributed by atoms with Crippen LogP contribution in [0, 0.1) is 5.92 Å². The Kier molecular flexibility index (Phi) is 5.22. The van der Waals surface area contributed by atoms with Crippen LogP contribution in [0.1, 0.15) is 19.8 Å². The maximum atomic E-state index is 11.5. The smallest absolute Gasteiger partial charge is 0.224 e. The van der Waals surface area contributed by atoms with Crippen molar-refractivity contribution in [3.05, 3.63) is 23.5 Å². The van der Waals surface area contributed by atoms with E-state index in [9.17, 15) is 4.79 Å². The van der Waals surface area contributed by atoms with Gasteiger partial charge in [-0.15, -0.1) is 0 Å². The van der Waals surface area contributed by atoms with E-state index in [1.165, 1.54) is 6.20 Å². The lowest BCUT2D eigenvalue weighted by atomic mass is 10.1. The first-order valence-corrected chi connectivity index (χ1v) is 5.60. The Bertz CT molecular complexity index is 357. The Balaban J connectivity index is 2.43. The van der Waals surface area contributed by atoms with Gasteiger partial charge >= 0.3 is 0 Å². The number of hydrogen-bond donors (Lipinski definition) is 2. The third-order valence-electron chi connectivity index (χ3n) is 2.31. The average molecular weight is 242 g/mol. The van der Waals surface area contributed by atoms with Crippen molar-refractivity contribution in [3.63, 3.8) is 0 Å². The van der Waals surface area contributed by atoms with Crippen LogP contribution in [-0.4, -0.2) is 17.4 Å². The van der Waals surface area contributed by atoms with E-state index in [1.807, 2.05) is 6.92 Å². The first kappa shape index (κ1) is 12.9. The van der Waals surface area contributed by atoms with Crippen LogP contribution in [0.4, 0.5) is 5.69 Å². The number of pyridine rings is 1. The van der Waals surface area contributed by atoms with Crippen molar-refractivity contribution >= 4 is 23.2 Å². The molecular weight excluding hydrogens is 226 g/mol. The molecule has 0 saturated heterocycles. The molecule has 0 aromatic carbocycles. The van der Waals surface area contributed by atoms with Crippen molar-refractivity contribution in [2.24, 2.45) is 11.7 Å². The van der Waals surface area contributed by atoms with Gasteiger partial charge in [0.25, 0.3) is 0 Å². The van der Waals surface area contributed by atoms with Gasteiger partial charge in [-0.25, -0.2) is 0 Å². The SMILES string of the molecule is CC(CN)CCC(=O)Nc1cnccc1Cl. The number of rotatable bonds is 5. The predicted molar refractivity (Wildman–Crippen MR) is 65.3 cm³/mol. The second-order valence-electron chi connectivity index (χ2n) is 3.78. The molecule has 5 heteroatoms. The van der Waals surface area contributed by atoms with E-state index in [0.29, 0.717) is 29.6 Å². The fraction of sp³-hybridized carbons (Fsp3) is 0.455. The van der Waals surface area contributed by atoms with Crippen LogP contribution in [0.5, 0.6) is 0 Å². The molecule has 0 fully saturated rings. The Morgan fingerprint density at radius 3 is 3.06 bits per heavy atom. The minimum atomic E-state index is -0.0600. The second-order valence-corrected chi connectivity index (χ2v) is 4.19. The molecule has 0 aliphatic heterocycles. The number of amides is 1. The molecule has 1 atom stereocenters. The number of carbonyl (C=O) groups is 1. The molecule has 1 aromatic rings. The summed E-state index contributed by atoms with van der Waals surface area (Å²) in [6.07, 6.45) is 4.34. The molecule has 0 saturated carbocycles. The number of halogens is 1. The van der Waals surface area contributed by atoms with E-state index >= 15 is 0 Å². The molecule has 3 N–H and O–H groups in total. The normalized spacial score (nSPS) is 12.2. The molecule has 1 heterocycles. The summed E-state index contributed by atoms with van der Waals surface area (Å²) in [6, 6.07) is 1.64. The highest BCUT2D eigenvalue weighted by atomic mass is 35.5. The van der Waals surface area contributed by atoms with Gasteiger partial charge in [-0.05, 0) is 24.9 Å². The predicted octanol–water partition coefficient (Wildman–Crippen LogP) is 2.05. The number of carbonyl (C=O) groups excluding carboxylic acids is 1. The summed E-state index contributed by atoms with van der Waals surface area (Å²) in [7, 11) is 0. The van der Waals surface area contributed by atoms with E-state index in [-0.39, 0.29) is 5.91 Å². The molecule has 0 aliphatic carbocycles. The molecular formula is C11H16ClN3O. The van der Waals surface area contributed by atoms with Crippen molar-refractivity contribution in [2.75, 3.05) is 11.9 Å². The second kappa shape index (κ2) is 6.45. The van der Waals surface area contributed by atoms with Crippen molar-refractivity contribution in [1.82, 2.24) is 4.98 Å². The lowest BCUT2D eigenvalue weighted by molar-refractivity contribution is -0.116. The Morgan fingerprint density at radius 2 is 2.44 bits per heavy atom. The third-order valence-corrected chi connectivity index (χ3v) is 2.64. The molecule has 1 aromatic heterocycles. The van der Waals surface area contributed by atoms with Crippen LogP contribution in [0.3, 0.4) is 0 Å². The zero-order valence-electron chi connectivity index (χ0n) is 9.24. The Hall–Kier alpha value is -1.13. The quantitative estimate of drug-likeness (QED) is 0.829. The average Bonchev–Trinajstić information content (AvgIpc) is 2.29. The zero-order chi connectivity index (χ0) is 12.0. The van der Waals surface area contributed by atoms with Crippen molar-refractivity contribution < 1.29 is 4.79 Å². The van der Waals surface area contributed by atoms with Gasteiger partial charge in [-0.1, -0.05) is 18.5 Å². The summed E-state index contributed by atoms with van der Waals surface area (Å²) in [6.45, 7) is 2.62. The van der Waals surface area contributed by atoms with Crippen LogP contribution in [0.15, 0.2) is 18.5 Å². The van der Waals surface area contributed by atoms with Crippen LogP contribution < -0.4 is 11.1 Å². The van der Waals surface area contributed by atoms with Gasteiger partial charge < -0.3 is 11.1 Å². The van der Waals surface area contributed by atoms with Crippen LogP contribution in [-0.2, 0) is 4.79 Å². The minimum absolute atomic E-state index is 0.0600. The van der Waals surface area contributed by atoms with E-state index in [1.54, 1.807) is 12.3 Å². The lowest BCUT2D eigenvalue weighted by Crippen LogP contribution is -2.16. The molecule has 4 nitrogen and oxygen atoms in total. The fourth-order valence-electron chi connectivity index (χ4n) is 1.18. The summed E-state index contributed by atoms with van der Waals surface area (Å²) in [5, 5.41) is 3.21. The number of aromatic nitrogens is 1. The molecule has 0 aliphatic rings. The van der Waals surface area contributed by atoms with Crippen molar-refractivity contribution in [3.8, 4) is 0 Å². The van der Waals surface area contributed by atoms with E-state index in [2.05, 4.69) is 10.3 Å². The van der Waals surface area contributed by atoms with Crippen LogP contribution in [0.2, 0.25) is 5.02 Å². The first-order valence-electron chi connectivity index (χ1n) is 5.23. The molecule has 1 rings (SSSR count). The molecule has 0 bridgehead atoms. The topological polar surface area (TPSA) is 68.0 Å². The highest BCUT2D eigenvalue weighted by Crippen LogP contribution is 2.19. The van der Waals surface area contributed by atoms with Gasteiger partial charge in [-0.3, -0.25) is 9.78 Å². The van der Waals surface area contributed by atoms with Gasteiger partial charge in [0.15, 0.2) is 0 Å². The van der Waals surface area contributed by atoms with Gasteiger partial charge in [0.2, 0.25) is 5.91 Å². The molecule has 1 amide bonds. The minimum Gasteiger partial charge on any atom is -0.330 e. The standard InChI is InChI=1S/C11H16ClN3O/c1-8(6-13)2-3-11(16)15-10-7-14-5-4-9(10)12/h4-5,7-8H,2-3,6,13H2,1H3,(H,15,16). The summed E-state index contributed by atoms with van der Waals surface area (Å²) in [5.74, 6) is 0.297. The van der Waals surface area contributed by atoms with Gasteiger partial charge in [0.05, 0.1) is 16.9 Å². The summed E-state index contributed by atoms with van der Waals surface area (Å²) < 4.78 is 0. The Morgan fingerprint density at radius 1 is 1.69 bits per heavy atom. The highest BCUT2D eigenvalue weighted by molar-refractivity contribution is 6.33. The monoisotopic (exact) mass is 241 g/mol. The molecule has 0 spiro atoms. The molecule has 88 valence electrons. The zero-order valence-corrected chi connectivity index (χ0v) is 10.00. The first-order chi connectivity index (χ1) is 7.63. The Labute approximate surface area is 100 Å². The van der Waals surface area contributed by atoms with Crippen molar-refractivity contribution in [1.29, 1.82) is 0 Å². The van der Waals surface area contributed by atoms with E-state index < -0.39 is 0 Å². The summed E-state index contributed by atoms with van der Waals surface area (Å²) in [5.41, 5.74) is 6.02. The van der Waals surface area contributed by atoms with E-state index in [4.69, 9.17) is 17.3 Å². The number of anilines is 1. The maximum absolute atomic E-state index is 11.5. The van der Waals surface area contributed by atoms with Crippen molar-refractivity contribution in [2.45, 2.75) is 19.8 Å². The highest BCUT2D eigenvalue weighted by Gasteiger charge is 2.07.